The molecule has 1 aromatic heterocycles. The van der Waals surface area contributed by atoms with E-state index in [1.54, 1.807) is 0 Å². The van der Waals surface area contributed by atoms with Gasteiger partial charge in [0.2, 0.25) is 0 Å². The third-order valence-corrected chi connectivity index (χ3v) is 5.95. The van der Waals surface area contributed by atoms with Gasteiger partial charge in [-0.25, -0.2) is 0 Å². The number of nitrogens with zero attached hydrogens (tertiary/aromatic N) is 5. The van der Waals surface area contributed by atoms with Gasteiger partial charge in [-0.2, -0.15) is 5.10 Å². The maximum Gasteiger partial charge on any atom is 0.151 e. The highest BCUT2D eigenvalue weighted by Gasteiger charge is 2.31. The first-order valence-electron chi connectivity index (χ1n) is 9.90. The number of hydrogen-bond acceptors (Lipinski definition) is 6. The molecule has 0 aromatic carbocycles. The fourth-order valence-corrected chi connectivity index (χ4v) is 4.06. The van der Waals surface area contributed by atoms with Crippen LogP contribution in [0, 0.1) is 0 Å². The molecule has 3 heterocycles. The van der Waals surface area contributed by atoms with E-state index in [0.717, 1.165) is 64.6 Å². The normalized spacial score (nSPS) is 22.6. The summed E-state index contributed by atoms with van der Waals surface area (Å²) in [4.78, 5) is 7.42. The lowest BCUT2D eigenvalue weighted by atomic mass is 9.96. The van der Waals surface area contributed by atoms with E-state index in [9.17, 15) is 0 Å². The van der Waals surface area contributed by atoms with Crippen LogP contribution in [0.15, 0.2) is 6.07 Å². The first-order chi connectivity index (χ1) is 12.3. The van der Waals surface area contributed by atoms with Crippen molar-refractivity contribution in [2.24, 2.45) is 0 Å². The van der Waals surface area contributed by atoms with E-state index in [1.165, 1.54) is 37.1 Å². The molecule has 138 valence electrons. The SMILES string of the molecule is CN(CCN1CCCOCC1)C1CN(c2cc3c(nn2)CCCC3)C1. The second kappa shape index (κ2) is 7.98. The number of fused-ring (bicyclic) bond motifs is 1. The Bertz CT molecular complexity index is 567. The number of anilines is 1. The standard InChI is InChI=1S/C19H31N5O/c1-22(8-9-23-7-4-11-25-12-10-23)17-14-24(15-17)19-13-16-5-2-3-6-18(16)20-21-19/h13,17H,2-12,14-15H2,1H3. The van der Waals surface area contributed by atoms with Gasteiger partial charge in [0.05, 0.1) is 12.3 Å². The van der Waals surface area contributed by atoms with Crippen LogP contribution in [0.25, 0.3) is 0 Å². The molecule has 1 aliphatic carbocycles. The van der Waals surface area contributed by atoms with Gasteiger partial charge in [0.25, 0.3) is 0 Å². The van der Waals surface area contributed by atoms with Crippen LogP contribution in [0.2, 0.25) is 0 Å². The minimum Gasteiger partial charge on any atom is -0.380 e. The van der Waals surface area contributed by atoms with Crippen molar-refractivity contribution in [3.05, 3.63) is 17.3 Å². The second-order valence-corrected chi connectivity index (χ2v) is 7.73. The number of aryl methyl sites for hydroxylation is 2. The molecule has 2 fully saturated rings. The Hall–Kier alpha value is -1.24. The summed E-state index contributed by atoms with van der Waals surface area (Å²) in [5, 5.41) is 8.95. The van der Waals surface area contributed by atoms with Crippen molar-refractivity contribution in [3.8, 4) is 0 Å². The highest BCUT2D eigenvalue weighted by molar-refractivity contribution is 5.45. The average Bonchev–Trinajstić information content (AvgIpc) is 2.87. The summed E-state index contributed by atoms with van der Waals surface area (Å²) in [6, 6.07) is 2.93. The predicted molar refractivity (Wildman–Crippen MR) is 99.2 cm³/mol. The van der Waals surface area contributed by atoms with Gasteiger partial charge in [-0.05, 0) is 50.8 Å². The fraction of sp³-hybridized carbons (Fsp3) is 0.789. The molecule has 4 rings (SSSR count). The number of likely N-dealkylation sites (N-methyl/N-ethyl adjacent to an activating group) is 1. The van der Waals surface area contributed by atoms with Crippen molar-refractivity contribution in [1.82, 2.24) is 20.0 Å². The van der Waals surface area contributed by atoms with E-state index in [2.05, 4.69) is 38.0 Å². The zero-order valence-electron chi connectivity index (χ0n) is 15.5. The molecule has 1 aromatic rings. The van der Waals surface area contributed by atoms with Crippen molar-refractivity contribution in [2.75, 3.05) is 64.4 Å². The Morgan fingerprint density at radius 1 is 1.12 bits per heavy atom. The van der Waals surface area contributed by atoms with E-state index in [1.807, 2.05) is 0 Å². The fourth-order valence-electron chi connectivity index (χ4n) is 4.06. The predicted octanol–water partition coefficient (Wildman–Crippen LogP) is 1.20. The van der Waals surface area contributed by atoms with Crippen LogP contribution >= 0.6 is 0 Å². The van der Waals surface area contributed by atoms with E-state index in [4.69, 9.17) is 4.74 Å². The molecule has 0 saturated carbocycles. The van der Waals surface area contributed by atoms with E-state index >= 15 is 0 Å². The Morgan fingerprint density at radius 3 is 2.92 bits per heavy atom. The van der Waals surface area contributed by atoms with Crippen LogP contribution in [0.5, 0.6) is 0 Å². The molecule has 6 nitrogen and oxygen atoms in total. The van der Waals surface area contributed by atoms with Gasteiger partial charge in [0.1, 0.15) is 0 Å². The number of hydrogen-bond donors (Lipinski definition) is 0. The van der Waals surface area contributed by atoms with Gasteiger partial charge in [-0.15, -0.1) is 5.10 Å². The molecule has 0 spiro atoms. The van der Waals surface area contributed by atoms with Crippen LogP contribution in [0.4, 0.5) is 5.82 Å². The second-order valence-electron chi connectivity index (χ2n) is 7.73. The molecule has 2 aliphatic heterocycles. The van der Waals surface area contributed by atoms with E-state index in [-0.39, 0.29) is 0 Å². The first kappa shape index (κ1) is 17.2. The third kappa shape index (κ3) is 4.13. The summed E-state index contributed by atoms with van der Waals surface area (Å²) in [5.74, 6) is 1.08. The van der Waals surface area contributed by atoms with Crippen molar-refractivity contribution < 1.29 is 4.74 Å². The summed E-state index contributed by atoms with van der Waals surface area (Å²) in [7, 11) is 2.26. The molecule has 0 N–H and O–H groups in total. The van der Waals surface area contributed by atoms with Crippen molar-refractivity contribution >= 4 is 5.82 Å². The molecule has 0 radical (unpaired) electrons. The zero-order chi connectivity index (χ0) is 17.1. The van der Waals surface area contributed by atoms with Crippen LogP contribution < -0.4 is 4.90 Å². The largest absolute Gasteiger partial charge is 0.380 e. The Labute approximate surface area is 151 Å². The summed E-state index contributed by atoms with van der Waals surface area (Å²) in [6.45, 7) is 8.50. The van der Waals surface area contributed by atoms with Crippen molar-refractivity contribution in [3.63, 3.8) is 0 Å². The van der Waals surface area contributed by atoms with Gasteiger partial charge < -0.3 is 9.64 Å². The lowest BCUT2D eigenvalue weighted by molar-refractivity contribution is 0.134. The van der Waals surface area contributed by atoms with Crippen LogP contribution in [0.3, 0.4) is 0 Å². The van der Waals surface area contributed by atoms with Crippen LogP contribution in [0.1, 0.15) is 30.5 Å². The molecular weight excluding hydrogens is 314 g/mol. The number of rotatable bonds is 5. The lowest BCUT2D eigenvalue weighted by Gasteiger charge is -2.45. The molecule has 6 heteroatoms. The minimum absolute atomic E-state index is 0.640. The summed E-state index contributed by atoms with van der Waals surface area (Å²) >= 11 is 0. The number of ether oxygens (including phenoxy) is 1. The van der Waals surface area contributed by atoms with Crippen LogP contribution in [-0.2, 0) is 17.6 Å². The molecule has 0 unspecified atom stereocenters. The minimum atomic E-state index is 0.640. The Kier molecular flexibility index (Phi) is 5.48. The monoisotopic (exact) mass is 345 g/mol. The summed E-state index contributed by atoms with van der Waals surface area (Å²) in [6.07, 6.45) is 6.01. The quantitative estimate of drug-likeness (QED) is 0.799. The summed E-state index contributed by atoms with van der Waals surface area (Å²) in [5.41, 5.74) is 2.65. The molecule has 0 amide bonds. The van der Waals surface area contributed by atoms with Crippen LogP contribution in [-0.4, -0.2) is 85.6 Å². The molecule has 25 heavy (non-hydrogen) atoms. The summed E-state index contributed by atoms with van der Waals surface area (Å²) < 4.78 is 5.54. The van der Waals surface area contributed by atoms with Gasteiger partial charge in [-0.1, -0.05) is 0 Å². The highest BCUT2D eigenvalue weighted by atomic mass is 16.5. The van der Waals surface area contributed by atoms with Gasteiger partial charge in [0.15, 0.2) is 5.82 Å². The lowest BCUT2D eigenvalue weighted by Crippen LogP contribution is -2.59. The van der Waals surface area contributed by atoms with E-state index in [0.29, 0.717) is 6.04 Å². The van der Waals surface area contributed by atoms with Crippen molar-refractivity contribution in [2.45, 2.75) is 38.1 Å². The molecule has 2 saturated heterocycles. The smallest absolute Gasteiger partial charge is 0.151 e. The first-order valence-corrected chi connectivity index (χ1v) is 9.90. The number of aromatic nitrogens is 2. The van der Waals surface area contributed by atoms with Gasteiger partial charge >= 0.3 is 0 Å². The molecule has 0 atom stereocenters. The maximum absolute atomic E-state index is 5.54. The maximum atomic E-state index is 5.54. The highest BCUT2D eigenvalue weighted by Crippen LogP contribution is 2.25. The third-order valence-electron chi connectivity index (χ3n) is 5.95. The van der Waals surface area contributed by atoms with E-state index < -0.39 is 0 Å². The van der Waals surface area contributed by atoms with Gasteiger partial charge in [0, 0.05) is 51.9 Å². The molecule has 3 aliphatic rings. The van der Waals surface area contributed by atoms with Crippen molar-refractivity contribution in [1.29, 1.82) is 0 Å². The molecule has 0 bridgehead atoms. The topological polar surface area (TPSA) is 44.7 Å². The Morgan fingerprint density at radius 2 is 2.00 bits per heavy atom. The van der Waals surface area contributed by atoms with Gasteiger partial charge in [-0.3, -0.25) is 9.80 Å². The average molecular weight is 345 g/mol. The molecular formula is C19H31N5O. The zero-order valence-corrected chi connectivity index (χ0v) is 15.5. The Balaban J connectivity index is 1.24.